The van der Waals surface area contributed by atoms with Crippen LogP contribution >= 0.6 is 11.3 Å². The zero-order valence-electron chi connectivity index (χ0n) is 14.6. The standard InChI is InChI=1S/C19H18N4O3S/c1-12-15(19(25)26)7-8-22(12)18(24)16-11-27-17(21-16)13-9-20-23(10-13)14-5-3-2-4-6-14/h2-6,9-12,15H,7-8H2,1H3,(H,25,26). The SMILES string of the molecule is CC1C(C(=O)O)CCN1C(=O)c1csc(-c2cnn(-c3ccccc3)c2)n1. The van der Waals surface area contributed by atoms with Gasteiger partial charge in [-0.25, -0.2) is 9.67 Å². The summed E-state index contributed by atoms with van der Waals surface area (Å²) in [7, 11) is 0. The molecule has 1 N–H and O–H groups in total. The van der Waals surface area contributed by atoms with Crippen molar-refractivity contribution >= 4 is 23.2 Å². The van der Waals surface area contributed by atoms with Crippen LogP contribution in [0.1, 0.15) is 23.8 Å². The van der Waals surface area contributed by atoms with Gasteiger partial charge < -0.3 is 10.0 Å². The van der Waals surface area contributed by atoms with Crippen LogP contribution in [0.4, 0.5) is 0 Å². The highest BCUT2D eigenvalue weighted by molar-refractivity contribution is 7.13. The molecule has 0 bridgehead atoms. The number of aromatic nitrogens is 3. The van der Waals surface area contributed by atoms with E-state index >= 15 is 0 Å². The molecule has 1 aromatic carbocycles. The fraction of sp³-hybridized carbons (Fsp3) is 0.263. The largest absolute Gasteiger partial charge is 0.481 e. The molecule has 138 valence electrons. The number of aliphatic carboxylic acids is 1. The van der Waals surface area contributed by atoms with Crippen LogP contribution in [0.3, 0.4) is 0 Å². The van der Waals surface area contributed by atoms with E-state index in [1.807, 2.05) is 36.5 Å². The number of carboxylic acids is 1. The van der Waals surface area contributed by atoms with Gasteiger partial charge in [0.1, 0.15) is 10.7 Å². The number of benzene rings is 1. The van der Waals surface area contributed by atoms with E-state index in [1.165, 1.54) is 11.3 Å². The lowest BCUT2D eigenvalue weighted by molar-refractivity contribution is -0.142. The molecule has 4 rings (SSSR count). The molecule has 2 unspecified atom stereocenters. The molecule has 1 amide bonds. The monoisotopic (exact) mass is 382 g/mol. The molecular formula is C19H18N4O3S. The number of carboxylic acid groups (broad SMARTS) is 1. The minimum absolute atomic E-state index is 0.218. The molecule has 0 saturated carbocycles. The van der Waals surface area contributed by atoms with Crippen molar-refractivity contribution in [2.75, 3.05) is 6.54 Å². The molecule has 8 heteroatoms. The summed E-state index contributed by atoms with van der Waals surface area (Å²) in [6.45, 7) is 2.22. The molecule has 2 atom stereocenters. The Kier molecular flexibility index (Phi) is 4.49. The molecule has 0 aliphatic carbocycles. The molecule has 0 spiro atoms. The molecule has 1 aliphatic heterocycles. The highest BCUT2D eigenvalue weighted by Crippen LogP contribution is 2.29. The van der Waals surface area contributed by atoms with Gasteiger partial charge in [-0.2, -0.15) is 5.10 Å². The molecule has 1 saturated heterocycles. The molecular weight excluding hydrogens is 364 g/mol. The smallest absolute Gasteiger partial charge is 0.308 e. The second kappa shape index (κ2) is 6.96. The maximum atomic E-state index is 12.8. The Bertz CT molecular complexity index is 982. The van der Waals surface area contributed by atoms with Gasteiger partial charge in [0.25, 0.3) is 5.91 Å². The van der Waals surface area contributed by atoms with Crippen LogP contribution < -0.4 is 0 Å². The molecule has 2 aromatic heterocycles. The normalized spacial score (nSPS) is 19.4. The van der Waals surface area contributed by atoms with E-state index in [0.717, 1.165) is 11.3 Å². The summed E-state index contributed by atoms with van der Waals surface area (Å²) in [6, 6.07) is 9.42. The number of rotatable bonds is 4. The van der Waals surface area contributed by atoms with E-state index in [0.29, 0.717) is 23.7 Å². The molecule has 3 heterocycles. The third-order valence-corrected chi connectivity index (χ3v) is 5.80. The third-order valence-electron chi connectivity index (χ3n) is 4.91. The van der Waals surface area contributed by atoms with Crippen LogP contribution in [0.5, 0.6) is 0 Å². The number of hydrogen-bond acceptors (Lipinski definition) is 5. The first-order valence-electron chi connectivity index (χ1n) is 8.64. The maximum Gasteiger partial charge on any atom is 0.308 e. The van der Waals surface area contributed by atoms with Crippen LogP contribution in [0.15, 0.2) is 48.1 Å². The predicted octanol–water partition coefficient (Wildman–Crippen LogP) is 2.93. The van der Waals surface area contributed by atoms with Crippen molar-refractivity contribution in [3.63, 3.8) is 0 Å². The molecule has 27 heavy (non-hydrogen) atoms. The van der Waals surface area contributed by atoms with Crippen LogP contribution in [0.25, 0.3) is 16.3 Å². The van der Waals surface area contributed by atoms with Gasteiger partial charge in [0, 0.05) is 29.7 Å². The Balaban J connectivity index is 1.53. The van der Waals surface area contributed by atoms with Gasteiger partial charge in [0.05, 0.1) is 17.8 Å². The Labute approximate surface area is 159 Å². The minimum Gasteiger partial charge on any atom is -0.481 e. The van der Waals surface area contributed by atoms with E-state index in [9.17, 15) is 14.7 Å². The Morgan fingerprint density at radius 1 is 1.26 bits per heavy atom. The highest BCUT2D eigenvalue weighted by Gasteiger charge is 2.39. The minimum atomic E-state index is -0.856. The third kappa shape index (κ3) is 3.23. The Morgan fingerprint density at radius 3 is 2.74 bits per heavy atom. The number of likely N-dealkylation sites (tertiary alicyclic amines) is 1. The molecule has 3 aromatic rings. The zero-order valence-corrected chi connectivity index (χ0v) is 15.5. The predicted molar refractivity (Wildman–Crippen MR) is 101 cm³/mol. The van der Waals surface area contributed by atoms with Crippen molar-refractivity contribution in [1.82, 2.24) is 19.7 Å². The fourth-order valence-corrected chi connectivity index (χ4v) is 4.13. The lowest BCUT2D eigenvalue weighted by Gasteiger charge is -2.22. The lowest BCUT2D eigenvalue weighted by Crippen LogP contribution is -2.37. The van der Waals surface area contributed by atoms with E-state index < -0.39 is 11.9 Å². The van der Waals surface area contributed by atoms with Crippen LogP contribution in [0.2, 0.25) is 0 Å². The molecule has 7 nitrogen and oxygen atoms in total. The number of amides is 1. The summed E-state index contributed by atoms with van der Waals surface area (Å²) in [4.78, 5) is 30.1. The summed E-state index contributed by atoms with van der Waals surface area (Å²) in [5.41, 5.74) is 2.13. The summed E-state index contributed by atoms with van der Waals surface area (Å²) in [6.07, 6.45) is 4.07. The van der Waals surface area contributed by atoms with Gasteiger partial charge in [0.2, 0.25) is 0 Å². The van der Waals surface area contributed by atoms with E-state index in [4.69, 9.17) is 0 Å². The maximum absolute atomic E-state index is 12.8. The van der Waals surface area contributed by atoms with Crippen molar-refractivity contribution in [2.24, 2.45) is 5.92 Å². The molecule has 1 fully saturated rings. The lowest BCUT2D eigenvalue weighted by atomic mass is 10.0. The number of thiazole rings is 1. The van der Waals surface area contributed by atoms with Crippen LogP contribution in [-0.4, -0.2) is 49.2 Å². The topological polar surface area (TPSA) is 88.3 Å². The second-order valence-corrected chi connectivity index (χ2v) is 7.38. The Morgan fingerprint density at radius 2 is 2.04 bits per heavy atom. The van der Waals surface area contributed by atoms with Crippen molar-refractivity contribution < 1.29 is 14.7 Å². The highest BCUT2D eigenvalue weighted by atomic mass is 32.1. The first kappa shape index (κ1) is 17.4. The van der Waals surface area contributed by atoms with Crippen molar-refractivity contribution in [3.8, 4) is 16.3 Å². The number of carbonyl (C=O) groups excluding carboxylic acids is 1. The Hall–Kier alpha value is -3.00. The summed E-state index contributed by atoms with van der Waals surface area (Å²) < 4.78 is 1.76. The summed E-state index contributed by atoms with van der Waals surface area (Å²) >= 11 is 1.38. The first-order valence-corrected chi connectivity index (χ1v) is 9.52. The summed E-state index contributed by atoms with van der Waals surface area (Å²) in [5.74, 6) is -1.59. The number of nitrogens with zero attached hydrogens (tertiary/aromatic N) is 4. The van der Waals surface area contributed by atoms with Gasteiger partial charge >= 0.3 is 5.97 Å². The van der Waals surface area contributed by atoms with Crippen LogP contribution in [-0.2, 0) is 4.79 Å². The van der Waals surface area contributed by atoms with Crippen molar-refractivity contribution in [1.29, 1.82) is 0 Å². The van der Waals surface area contributed by atoms with Gasteiger partial charge in [-0.15, -0.1) is 11.3 Å². The van der Waals surface area contributed by atoms with Gasteiger partial charge in [-0.05, 0) is 25.5 Å². The number of hydrogen-bond donors (Lipinski definition) is 1. The van der Waals surface area contributed by atoms with Crippen molar-refractivity contribution in [3.05, 3.63) is 53.8 Å². The van der Waals surface area contributed by atoms with E-state index in [1.54, 1.807) is 28.1 Å². The second-order valence-electron chi connectivity index (χ2n) is 6.52. The van der Waals surface area contributed by atoms with E-state index in [-0.39, 0.29) is 11.9 Å². The van der Waals surface area contributed by atoms with Crippen LogP contribution in [0, 0.1) is 5.92 Å². The quantitative estimate of drug-likeness (QED) is 0.749. The summed E-state index contributed by atoms with van der Waals surface area (Å²) in [5, 5.41) is 16.0. The average Bonchev–Trinajstić information content (AvgIpc) is 3.41. The molecule has 0 radical (unpaired) electrons. The van der Waals surface area contributed by atoms with Gasteiger partial charge in [-0.3, -0.25) is 9.59 Å². The van der Waals surface area contributed by atoms with E-state index in [2.05, 4.69) is 10.1 Å². The van der Waals surface area contributed by atoms with Crippen molar-refractivity contribution in [2.45, 2.75) is 19.4 Å². The number of carbonyl (C=O) groups is 2. The average molecular weight is 382 g/mol. The zero-order chi connectivity index (χ0) is 19.0. The first-order chi connectivity index (χ1) is 13.0. The van der Waals surface area contributed by atoms with Gasteiger partial charge in [-0.1, -0.05) is 18.2 Å². The molecule has 1 aliphatic rings. The van der Waals surface area contributed by atoms with Gasteiger partial charge in [0.15, 0.2) is 0 Å². The number of para-hydroxylation sites is 1. The fourth-order valence-electron chi connectivity index (χ4n) is 3.36.